The van der Waals surface area contributed by atoms with Crippen LogP contribution < -0.4 is 0 Å². The van der Waals surface area contributed by atoms with Gasteiger partial charge in [0.1, 0.15) is 0 Å². The second-order valence-electron chi connectivity index (χ2n) is 0. The van der Waals surface area contributed by atoms with Crippen LogP contribution in [0.25, 0.3) is 0 Å². The third kappa shape index (κ3) is 155. The zero-order valence-corrected chi connectivity index (χ0v) is 20.6. The van der Waals surface area contributed by atoms with E-state index in [1.807, 2.05) is 0 Å². The number of hydrogen-bond acceptors (Lipinski definition) is 8. The summed E-state index contributed by atoms with van der Waals surface area (Å²) in [6.07, 6.45) is 0. The van der Waals surface area contributed by atoms with Crippen LogP contribution in [0.4, 0.5) is 0 Å². The summed E-state index contributed by atoms with van der Waals surface area (Å²) in [4.78, 5) is 0. The van der Waals surface area contributed by atoms with Crippen molar-refractivity contribution in [3.05, 3.63) is 0 Å². The average Bonchev–Trinajstić information content (AvgIpc) is 2.33. The molecule has 0 aliphatic heterocycles. The molecule has 0 N–H and O–H groups in total. The summed E-state index contributed by atoms with van der Waals surface area (Å²) >= 11 is 40.4. The van der Waals surface area contributed by atoms with E-state index in [9.17, 15) is 0 Å². The second kappa shape index (κ2) is 185. The number of hydrogen-bond donors (Lipinski definition) is 0. The maximum absolute atomic E-state index is 3.67. The largest absolute Gasteiger partial charge is 1.00 e. The normalized spacial score (nSPS) is 2.57. The van der Waals surface area contributed by atoms with Gasteiger partial charge in [-0.2, -0.15) is 0 Å². The smallest absolute Gasteiger partial charge is 0.163 e. The first-order chi connectivity index (χ1) is 6.00. The first-order valence-corrected chi connectivity index (χ1v) is 10.5. The fourth-order valence-electron chi connectivity index (χ4n) is 0. The molecule has 0 aliphatic rings. The van der Waals surface area contributed by atoms with E-state index >= 15 is 0 Å². The average molecular weight is 585 g/mol. The molecule has 0 atom stereocenters. The van der Waals surface area contributed by atoms with Crippen LogP contribution in [0.2, 0.25) is 0 Å². The van der Waals surface area contributed by atoms with Crippen LogP contribution in [-0.4, -0.2) is 0 Å². The van der Waals surface area contributed by atoms with Crippen LogP contribution in [-0.2, 0) is 182 Å². The van der Waals surface area contributed by atoms with E-state index in [-0.39, 0.29) is 42.1 Å². The fourth-order valence-corrected chi connectivity index (χ4v) is 0. The second-order valence-corrected chi connectivity index (χ2v) is 0. The Kier molecular flexibility index (Phi) is 664. The van der Waals surface area contributed by atoms with Crippen LogP contribution in [0, 0.1) is 0 Å². The molecule has 0 unspecified atom stereocenters. The first-order valence-electron chi connectivity index (χ1n) is 1.17. The van der Waals surface area contributed by atoms with Gasteiger partial charge < -0.3 is 93.3 Å². The number of rotatable bonds is 0. The molecule has 0 radical (unpaired) electrons. The molecule has 0 amide bonds. The summed E-state index contributed by atoms with van der Waals surface area (Å²) in [5.74, 6) is 0. The van der Waals surface area contributed by atoms with E-state index in [1.54, 1.807) is 0 Å². The molecule has 0 rings (SSSR count). The maximum Gasteiger partial charge on any atom is 0.163 e. The molecule has 14 heteroatoms. The predicted molar refractivity (Wildman–Crippen MR) is 99.5 cm³/mol. The SMILES string of the molecule is [Mo].[Mo].[S-][S-].[S-][S-].[S-][S-].[S-][S-].[SH2+][SH2+].[SH2+][SH2+]. The van der Waals surface area contributed by atoms with Crippen molar-refractivity contribution >= 4 is 140 Å². The zero-order chi connectivity index (χ0) is 12.0. The third-order valence-corrected chi connectivity index (χ3v) is 0. The van der Waals surface area contributed by atoms with Gasteiger partial charge in [-0.05, 0) is 0 Å². The summed E-state index contributed by atoms with van der Waals surface area (Å²) in [5, 5.41) is 0. The topological polar surface area (TPSA) is 0 Å². The van der Waals surface area contributed by atoms with Gasteiger partial charge in [-0.15, -0.1) is 0 Å². The van der Waals surface area contributed by atoms with Crippen LogP contribution >= 0.6 is 0 Å². The van der Waals surface area contributed by atoms with Crippen molar-refractivity contribution in [2.75, 3.05) is 0 Å². The van der Waals surface area contributed by atoms with Gasteiger partial charge >= 0.3 is 0 Å². The Balaban J connectivity index is -0.00000000500. The van der Waals surface area contributed by atoms with Crippen molar-refractivity contribution in [1.29, 1.82) is 0 Å². The van der Waals surface area contributed by atoms with Crippen molar-refractivity contribution in [3.8, 4) is 0 Å². The Morgan fingerprint density at radius 3 is 0.357 bits per heavy atom. The molecule has 0 heterocycles. The monoisotopic (exact) mass is 588 g/mol. The Morgan fingerprint density at radius 2 is 0.357 bits per heavy atom. The quantitative estimate of drug-likeness (QED) is 0.135. The maximum atomic E-state index is 3.67. The first kappa shape index (κ1) is 50.4. The zero-order valence-electron chi connectivity index (χ0n) is 6.08. The molecule has 0 aromatic heterocycles. The molecule has 0 aromatic carbocycles. The van der Waals surface area contributed by atoms with Gasteiger partial charge in [0, 0.05) is 42.1 Å². The van der Waals surface area contributed by atoms with Gasteiger partial charge in [0.25, 0.3) is 0 Å². The predicted octanol–water partition coefficient (Wildman–Crippen LogP) is -2.18. The van der Waals surface area contributed by atoms with Crippen molar-refractivity contribution < 1.29 is 42.1 Å². The molecule has 96 valence electrons. The minimum absolute atomic E-state index is 0. The molecular weight excluding hydrogens is 577 g/mol. The summed E-state index contributed by atoms with van der Waals surface area (Å²) in [7, 11) is 0. The Bertz CT molecular complexity index is 8.28. The molecule has 0 aliphatic carbocycles. The van der Waals surface area contributed by atoms with Gasteiger partial charge in [-0.3, -0.25) is 0 Å². The van der Waals surface area contributed by atoms with Crippen molar-refractivity contribution in [2.45, 2.75) is 0 Å². The van der Waals surface area contributed by atoms with E-state index in [0.717, 1.165) is 0 Å². The van der Waals surface area contributed by atoms with Crippen molar-refractivity contribution in [2.24, 2.45) is 0 Å². The Morgan fingerprint density at radius 1 is 0.357 bits per heavy atom. The van der Waals surface area contributed by atoms with E-state index in [4.69, 9.17) is 0 Å². The Hall–Kier alpha value is 5.58. The Labute approximate surface area is 178 Å². The minimum Gasteiger partial charge on any atom is -1.00 e. The molecule has 0 spiro atoms. The van der Waals surface area contributed by atoms with E-state index in [1.165, 1.54) is 0 Å². The van der Waals surface area contributed by atoms with E-state index in [0.29, 0.717) is 0 Å². The fraction of sp³-hybridized carbons (Fsp3) is 0. The molecule has 0 bridgehead atoms. The summed E-state index contributed by atoms with van der Waals surface area (Å²) in [6, 6.07) is 0. The molecule has 0 nitrogen and oxygen atoms in total. The van der Waals surface area contributed by atoms with E-state index < -0.39 is 0 Å². The standard InChI is InChI=1S/2Mo.2H4S2.4S2/c;;6*1-2/h;;2*1-2H2;;;;/q;;2*+2;4*-2. The molecular formula is H8Mo2S12-4. The van der Waals surface area contributed by atoms with Crippen molar-refractivity contribution in [3.63, 3.8) is 0 Å². The van der Waals surface area contributed by atoms with Crippen LogP contribution in [0.3, 0.4) is 0 Å². The molecule has 0 fully saturated rings. The third-order valence-electron chi connectivity index (χ3n) is 0. The molecule has 0 saturated carbocycles. The van der Waals surface area contributed by atoms with Crippen LogP contribution in [0.5, 0.6) is 0 Å². The van der Waals surface area contributed by atoms with Crippen LogP contribution in [0.15, 0.2) is 0 Å². The summed E-state index contributed by atoms with van der Waals surface area (Å²) < 4.78 is 0. The molecule has 0 saturated heterocycles. The van der Waals surface area contributed by atoms with Gasteiger partial charge in [0.15, 0.2) is 46.6 Å². The summed E-state index contributed by atoms with van der Waals surface area (Å²) in [6.45, 7) is 0. The van der Waals surface area contributed by atoms with Gasteiger partial charge in [-0.25, -0.2) is 0 Å². The van der Waals surface area contributed by atoms with Gasteiger partial charge in [-0.1, -0.05) is 0 Å². The van der Waals surface area contributed by atoms with Gasteiger partial charge in [0.05, 0.1) is 0 Å². The summed E-state index contributed by atoms with van der Waals surface area (Å²) in [5.41, 5.74) is 0. The molecule has 14 heavy (non-hydrogen) atoms. The minimum atomic E-state index is 0. The van der Waals surface area contributed by atoms with Crippen molar-refractivity contribution in [1.82, 2.24) is 0 Å². The van der Waals surface area contributed by atoms with Crippen LogP contribution in [0.1, 0.15) is 0 Å². The van der Waals surface area contributed by atoms with E-state index in [2.05, 4.69) is 140 Å². The van der Waals surface area contributed by atoms with Gasteiger partial charge in [0.2, 0.25) is 0 Å². The molecule has 0 aromatic rings.